The van der Waals surface area contributed by atoms with E-state index >= 15 is 0 Å². The van der Waals surface area contributed by atoms with E-state index in [2.05, 4.69) is 29.4 Å². The van der Waals surface area contributed by atoms with Gasteiger partial charge in [-0.1, -0.05) is 12.2 Å². The first-order valence-corrected chi connectivity index (χ1v) is 5.36. The first kappa shape index (κ1) is 12.9. The zero-order valence-corrected chi connectivity index (χ0v) is 10.3. The fourth-order valence-corrected chi connectivity index (χ4v) is 1.51. The van der Waals surface area contributed by atoms with Crippen molar-refractivity contribution in [2.24, 2.45) is 0 Å². The first-order chi connectivity index (χ1) is 8.15. The van der Waals surface area contributed by atoms with E-state index in [9.17, 15) is 5.26 Å². The summed E-state index contributed by atoms with van der Waals surface area (Å²) in [5.41, 5.74) is 2.22. The van der Waals surface area contributed by atoms with Crippen molar-refractivity contribution < 1.29 is 0 Å². The summed E-state index contributed by atoms with van der Waals surface area (Å²) in [7, 11) is 0. The number of hydrogen-bond acceptors (Lipinski definition) is 4. The summed E-state index contributed by atoms with van der Waals surface area (Å²) in [5.74, 6) is 0.593. The van der Waals surface area contributed by atoms with Gasteiger partial charge >= 0.3 is 0 Å². The summed E-state index contributed by atoms with van der Waals surface area (Å²) in [5, 5.41) is 17.4. The third-order valence-corrected chi connectivity index (χ3v) is 2.55. The lowest BCUT2D eigenvalue weighted by Gasteiger charge is -2.21. The van der Waals surface area contributed by atoms with Crippen LogP contribution in [-0.4, -0.2) is 23.3 Å². The molecule has 0 fully saturated rings. The number of aromatic nitrogens is 2. The molecular formula is C13H16N4. The van der Waals surface area contributed by atoms with Gasteiger partial charge in [-0.2, -0.15) is 10.4 Å². The van der Waals surface area contributed by atoms with E-state index in [-0.39, 0.29) is 0 Å². The van der Waals surface area contributed by atoms with Crippen molar-refractivity contribution in [2.75, 3.05) is 18.0 Å². The van der Waals surface area contributed by atoms with E-state index < -0.39 is 0 Å². The smallest absolute Gasteiger partial charge is 0.170 e. The molecule has 0 saturated heterocycles. The van der Waals surface area contributed by atoms with Crippen LogP contribution in [0.25, 0.3) is 0 Å². The van der Waals surface area contributed by atoms with Gasteiger partial charge in [0.2, 0.25) is 0 Å². The second kappa shape index (κ2) is 5.80. The van der Waals surface area contributed by atoms with E-state index in [1.807, 2.05) is 18.7 Å². The molecule has 0 aromatic carbocycles. The molecule has 0 aliphatic heterocycles. The highest BCUT2D eigenvalue weighted by Gasteiger charge is 2.15. The molecule has 0 spiro atoms. The molecular weight excluding hydrogens is 212 g/mol. The van der Waals surface area contributed by atoms with Gasteiger partial charge in [0, 0.05) is 13.1 Å². The summed E-state index contributed by atoms with van der Waals surface area (Å²) >= 11 is 0. The quantitative estimate of drug-likeness (QED) is 0.724. The van der Waals surface area contributed by atoms with Gasteiger partial charge in [-0.25, -0.2) is 0 Å². The Hall–Kier alpha value is -2.15. The molecule has 1 rings (SSSR count). The molecule has 0 saturated carbocycles. The van der Waals surface area contributed by atoms with E-state index in [1.54, 1.807) is 12.2 Å². The van der Waals surface area contributed by atoms with Crippen LogP contribution in [0, 0.1) is 25.2 Å². The number of nitrogens with zero attached hydrogens (tertiary/aromatic N) is 4. The Morgan fingerprint density at radius 3 is 2.29 bits per heavy atom. The lowest BCUT2D eigenvalue weighted by molar-refractivity contribution is 0.861. The second-order valence-corrected chi connectivity index (χ2v) is 3.70. The Labute approximate surface area is 102 Å². The van der Waals surface area contributed by atoms with Crippen LogP contribution in [-0.2, 0) is 0 Å². The zero-order valence-electron chi connectivity index (χ0n) is 10.3. The summed E-state index contributed by atoms with van der Waals surface area (Å²) in [6.45, 7) is 12.3. The van der Waals surface area contributed by atoms with Crippen molar-refractivity contribution in [3.8, 4) is 6.07 Å². The molecule has 1 heterocycles. The Kier molecular flexibility index (Phi) is 4.41. The number of nitriles is 1. The molecule has 0 aliphatic rings. The van der Waals surface area contributed by atoms with Crippen molar-refractivity contribution >= 4 is 5.82 Å². The van der Waals surface area contributed by atoms with Crippen LogP contribution in [0.2, 0.25) is 0 Å². The highest BCUT2D eigenvalue weighted by Crippen LogP contribution is 2.20. The summed E-state index contributed by atoms with van der Waals surface area (Å²) < 4.78 is 0. The van der Waals surface area contributed by atoms with E-state index in [0.29, 0.717) is 24.5 Å². The Bertz CT molecular complexity index is 461. The summed E-state index contributed by atoms with van der Waals surface area (Å²) in [6, 6.07) is 2.19. The topological polar surface area (TPSA) is 52.8 Å². The molecule has 88 valence electrons. The number of aryl methyl sites for hydroxylation is 1. The third kappa shape index (κ3) is 2.70. The number of anilines is 1. The lowest BCUT2D eigenvalue weighted by Crippen LogP contribution is -2.26. The number of hydrogen-bond donors (Lipinski definition) is 0. The summed E-state index contributed by atoms with van der Waals surface area (Å²) in [6.07, 6.45) is 3.53. The molecule has 0 aliphatic carbocycles. The van der Waals surface area contributed by atoms with Gasteiger partial charge in [-0.15, -0.1) is 18.3 Å². The van der Waals surface area contributed by atoms with Crippen molar-refractivity contribution in [2.45, 2.75) is 13.8 Å². The van der Waals surface area contributed by atoms with Gasteiger partial charge in [0.25, 0.3) is 0 Å². The lowest BCUT2D eigenvalue weighted by atomic mass is 10.1. The van der Waals surface area contributed by atoms with Crippen LogP contribution < -0.4 is 4.90 Å². The first-order valence-electron chi connectivity index (χ1n) is 5.36. The molecule has 0 radical (unpaired) electrons. The van der Waals surface area contributed by atoms with Gasteiger partial charge in [-0.3, -0.25) is 0 Å². The molecule has 4 nitrogen and oxygen atoms in total. The Balaban J connectivity index is 3.28. The van der Waals surface area contributed by atoms with Crippen molar-refractivity contribution in [3.63, 3.8) is 0 Å². The number of rotatable bonds is 5. The van der Waals surface area contributed by atoms with Gasteiger partial charge < -0.3 is 4.90 Å². The highest BCUT2D eigenvalue weighted by atomic mass is 15.3. The van der Waals surface area contributed by atoms with Gasteiger partial charge in [-0.05, 0) is 19.4 Å². The largest absolute Gasteiger partial charge is 0.347 e. The minimum absolute atomic E-state index is 0.571. The normalized spacial score (nSPS) is 9.47. The monoisotopic (exact) mass is 228 g/mol. The third-order valence-electron chi connectivity index (χ3n) is 2.55. The van der Waals surface area contributed by atoms with Crippen LogP contribution >= 0.6 is 0 Å². The second-order valence-electron chi connectivity index (χ2n) is 3.70. The predicted molar refractivity (Wildman–Crippen MR) is 68.8 cm³/mol. The maximum absolute atomic E-state index is 9.21. The van der Waals surface area contributed by atoms with Crippen LogP contribution in [0.5, 0.6) is 0 Å². The standard InChI is InChI=1S/C13H16N4/c1-5-7-17(8-6-2)13-12(9-14)10(3)11(4)15-16-13/h5-6H,1-2,7-8H2,3-4H3. The van der Waals surface area contributed by atoms with Crippen molar-refractivity contribution in [3.05, 3.63) is 42.1 Å². The molecule has 0 atom stereocenters. The van der Waals surface area contributed by atoms with Gasteiger partial charge in [0.05, 0.1) is 5.69 Å². The van der Waals surface area contributed by atoms with Crippen LogP contribution in [0.4, 0.5) is 5.82 Å². The summed E-state index contributed by atoms with van der Waals surface area (Å²) in [4.78, 5) is 1.91. The fourth-order valence-electron chi connectivity index (χ4n) is 1.51. The van der Waals surface area contributed by atoms with E-state index in [1.165, 1.54) is 0 Å². The maximum Gasteiger partial charge on any atom is 0.170 e. The van der Waals surface area contributed by atoms with Crippen LogP contribution in [0.3, 0.4) is 0 Å². The SMILES string of the molecule is C=CCN(CC=C)c1nnc(C)c(C)c1C#N. The molecule has 17 heavy (non-hydrogen) atoms. The Morgan fingerprint density at radius 1 is 1.24 bits per heavy atom. The van der Waals surface area contributed by atoms with Crippen LogP contribution in [0.15, 0.2) is 25.3 Å². The molecule has 0 N–H and O–H groups in total. The van der Waals surface area contributed by atoms with Gasteiger partial charge in [0.15, 0.2) is 5.82 Å². The minimum Gasteiger partial charge on any atom is -0.347 e. The van der Waals surface area contributed by atoms with Crippen LogP contribution in [0.1, 0.15) is 16.8 Å². The minimum atomic E-state index is 0.571. The molecule has 0 unspecified atom stereocenters. The van der Waals surface area contributed by atoms with E-state index in [0.717, 1.165) is 11.3 Å². The molecule has 0 amide bonds. The molecule has 1 aromatic rings. The molecule has 0 bridgehead atoms. The highest BCUT2D eigenvalue weighted by molar-refractivity contribution is 5.58. The molecule has 1 aromatic heterocycles. The van der Waals surface area contributed by atoms with Crippen molar-refractivity contribution in [1.29, 1.82) is 5.26 Å². The van der Waals surface area contributed by atoms with Gasteiger partial charge in [0.1, 0.15) is 11.6 Å². The average Bonchev–Trinajstić information content (AvgIpc) is 2.32. The average molecular weight is 228 g/mol. The maximum atomic E-state index is 9.21. The van der Waals surface area contributed by atoms with Crippen molar-refractivity contribution in [1.82, 2.24) is 10.2 Å². The predicted octanol–water partition coefficient (Wildman–Crippen LogP) is 2.14. The zero-order chi connectivity index (χ0) is 12.8. The fraction of sp³-hybridized carbons (Fsp3) is 0.308. The molecule has 4 heteroatoms. The Morgan fingerprint density at radius 2 is 1.82 bits per heavy atom. The van der Waals surface area contributed by atoms with E-state index in [4.69, 9.17) is 0 Å².